The molecule has 0 spiro atoms. The highest BCUT2D eigenvalue weighted by Gasteiger charge is 2.04. The molecule has 5 heteroatoms. The van der Waals surface area contributed by atoms with Gasteiger partial charge in [0.1, 0.15) is 11.9 Å². The average molecular weight is 267 g/mol. The Kier molecular flexibility index (Phi) is 3.62. The quantitative estimate of drug-likeness (QED) is 0.911. The molecule has 2 aromatic rings. The number of hydrogen-bond acceptors (Lipinski definition) is 3. The maximum absolute atomic E-state index is 13.4. The van der Waals surface area contributed by atoms with Gasteiger partial charge in [-0.25, -0.2) is 4.39 Å². The molecular formula is C12H8ClFN2S. The van der Waals surface area contributed by atoms with Gasteiger partial charge >= 0.3 is 0 Å². The van der Waals surface area contributed by atoms with E-state index in [-0.39, 0.29) is 5.82 Å². The summed E-state index contributed by atoms with van der Waals surface area (Å²) < 4.78 is 13.4. The van der Waals surface area contributed by atoms with Crippen molar-refractivity contribution in [1.82, 2.24) is 0 Å². The van der Waals surface area contributed by atoms with E-state index in [1.54, 1.807) is 11.4 Å². The summed E-state index contributed by atoms with van der Waals surface area (Å²) in [5, 5.41) is 13.9. The predicted molar refractivity (Wildman–Crippen MR) is 67.8 cm³/mol. The van der Waals surface area contributed by atoms with Crippen LogP contribution in [0.1, 0.15) is 10.4 Å². The average Bonchev–Trinajstić information content (AvgIpc) is 2.78. The summed E-state index contributed by atoms with van der Waals surface area (Å²) in [5.74, 6) is -0.341. The second-order valence-corrected chi connectivity index (χ2v) is 4.82. The molecule has 0 atom stereocenters. The van der Waals surface area contributed by atoms with E-state index in [4.69, 9.17) is 16.9 Å². The Morgan fingerprint density at radius 3 is 2.94 bits per heavy atom. The van der Waals surface area contributed by atoms with E-state index in [0.717, 1.165) is 4.88 Å². The number of nitrogens with one attached hydrogen (secondary N) is 1. The zero-order valence-corrected chi connectivity index (χ0v) is 10.3. The summed E-state index contributed by atoms with van der Waals surface area (Å²) in [6.45, 7) is 0.476. The number of halogens is 2. The van der Waals surface area contributed by atoms with E-state index in [9.17, 15) is 4.39 Å². The third kappa shape index (κ3) is 2.96. The van der Waals surface area contributed by atoms with E-state index < -0.39 is 0 Å². The van der Waals surface area contributed by atoms with E-state index in [1.807, 2.05) is 0 Å². The fourth-order valence-corrected chi connectivity index (χ4v) is 2.27. The topological polar surface area (TPSA) is 35.8 Å². The number of benzene rings is 1. The van der Waals surface area contributed by atoms with Gasteiger partial charge in [-0.1, -0.05) is 11.6 Å². The van der Waals surface area contributed by atoms with E-state index in [0.29, 0.717) is 22.8 Å². The molecule has 0 saturated heterocycles. The predicted octanol–water partition coefficient (Wildman–Crippen LogP) is 4.02. The van der Waals surface area contributed by atoms with Gasteiger partial charge in [0.15, 0.2) is 0 Å². The minimum absolute atomic E-state index is 0.341. The highest BCUT2D eigenvalue weighted by Crippen LogP contribution is 2.21. The summed E-state index contributed by atoms with van der Waals surface area (Å²) in [6, 6.07) is 8.19. The molecule has 0 radical (unpaired) electrons. The molecule has 1 aromatic carbocycles. The molecular weight excluding hydrogens is 259 g/mol. The zero-order chi connectivity index (χ0) is 12.3. The van der Waals surface area contributed by atoms with Gasteiger partial charge in [-0.15, -0.1) is 11.3 Å². The van der Waals surface area contributed by atoms with Crippen molar-refractivity contribution in [2.24, 2.45) is 0 Å². The Bertz CT molecular complexity index is 574. The third-order valence-electron chi connectivity index (χ3n) is 2.16. The van der Waals surface area contributed by atoms with Crippen LogP contribution in [-0.4, -0.2) is 0 Å². The van der Waals surface area contributed by atoms with Crippen LogP contribution >= 0.6 is 22.9 Å². The number of thiophene rings is 1. The number of rotatable bonds is 3. The largest absolute Gasteiger partial charge is 0.378 e. The van der Waals surface area contributed by atoms with Gasteiger partial charge in [-0.05, 0) is 24.3 Å². The van der Waals surface area contributed by atoms with E-state index >= 15 is 0 Å². The first-order chi connectivity index (χ1) is 8.19. The normalized spacial score (nSPS) is 9.94. The van der Waals surface area contributed by atoms with Gasteiger partial charge in [0.2, 0.25) is 0 Å². The summed E-state index contributed by atoms with van der Waals surface area (Å²) in [4.78, 5) is 0.973. The number of nitriles is 1. The molecule has 0 aliphatic rings. The molecule has 0 bridgehead atoms. The van der Waals surface area contributed by atoms with Crippen LogP contribution in [0.5, 0.6) is 0 Å². The third-order valence-corrected chi connectivity index (χ3v) is 3.34. The number of nitrogens with zero attached hydrogens (tertiary/aromatic N) is 1. The van der Waals surface area contributed by atoms with Crippen LogP contribution in [0.4, 0.5) is 10.1 Å². The molecule has 0 amide bonds. The van der Waals surface area contributed by atoms with Crippen molar-refractivity contribution in [1.29, 1.82) is 5.26 Å². The highest BCUT2D eigenvalue weighted by molar-refractivity contribution is 7.10. The maximum Gasteiger partial charge on any atom is 0.146 e. The van der Waals surface area contributed by atoms with Gasteiger partial charge in [0.25, 0.3) is 0 Å². The molecule has 0 aliphatic heterocycles. The fraction of sp³-hybridized carbons (Fsp3) is 0.0833. The SMILES string of the molecule is N#Cc1csc(CNc2cc(Cl)ccc2F)c1. The van der Waals surface area contributed by atoms with Crippen LogP contribution in [-0.2, 0) is 6.54 Å². The van der Waals surface area contributed by atoms with Crippen molar-refractivity contribution < 1.29 is 4.39 Å². The number of hydrogen-bond donors (Lipinski definition) is 1. The van der Waals surface area contributed by atoms with Crippen LogP contribution in [0.3, 0.4) is 0 Å². The molecule has 86 valence electrons. The maximum atomic E-state index is 13.4. The summed E-state index contributed by atoms with van der Waals surface area (Å²) in [7, 11) is 0. The molecule has 2 nitrogen and oxygen atoms in total. The lowest BCUT2D eigenvalue weighted by molar-refractivity contribution is 0.630. The zero-order valence-electron chi connectivity index (χ0n) is 8.71. The second-order valence-electron chi connectivity index (χ2n) is 3.39. The first kappa shape index (κ1) is 11.9. The highest BCUT2D eigenvalue weighted by atomic mass is 35.5. The minimum Gasteiger partial charge on any atom is -0.378 e. The fourth-order valence-electron chi connectivity index (χ4n) is 1.35. The minimum atomic E-state index is -0.341. The van der Waals surface area contributed by atoms with Crippen LogP contribution < -0.4 is 5.32 Å². The van der Waals surface area contributed by atoms with Crippen LogP contribution in [0.2, 0.25) is 5.02 Å². The Morgan fingerprint density at radius 1 is 1.41 bits per heavy atom. The van der Waals surface area contributed by atoms with Crippen LogP contribution in [0, 0.1) is 17.1 Å². The van der Waals surface area contributed by atoms with Crippen molar-refractivity contribution in [3.63, 3.8) is 0 Å². The Hall–Kier alpha value is -1.57. The Labute approximate surface area is 107 Å². The Morgan fingerprint density at radius 2 is 2.24 bits per heavy atom. The standard InChI is InChI=1S/C12H8ClFN2S/c13-9-1-2-11(14)12(4-9)16-6-10-3-8(5-15)7-17-10/h1-4,7,16H,6H2. The van der Waals surface area contributed by atoms with Crippen LogP contribution in [0.25, 0.3) is 0 Å². The van der Waals surface area contributed by atoms with E-state index in [1.165, 1.54) is 29.5 Å². The van der Waals surface area contributed by atoms with E-state index in [2.05, 4.69) is 11.4 Å². The van der Waals surface area contributed by atoms with Gasteiger partial charge < -0.3 is 5.32 Å². The molecule has 0 unspecified atom stereocenters. The van der Waals surface area contributed by atoms with Crippen molar-refractivity contribution in [3.8, 4) is 6.07 Å². The Balaban J connectivity index is 2.07. The lowest BCUT2D eigenvalue weighted by Crippen LogP contribution is -1.99. The molecule has 1 heterocycles. The molecule has 0 fully saturated rings. The van der Waals surface area contributed by atoms with Gasteiger partial charge in [-0.2, -0.15) is 5.26 Å². The van der Waals surface area contributed by atoms with Crippen molar-refractivity contribution in [2.45, 2.75) is 6.54 Å². The van der Waals surface area contributed by atoms with Crippen molar-refractivity contribution in [2.75, 3.05) is 5.32 Å². The molecule has 0 aliphatic carbocycles. The summed E-state index contributed by atoms with van der Waals surface area (Å²) in [6.07, 6.45) is 0. The molecule has 1 N–H and O–H groups in total. The molecule has 0 saturated carbocycles. The monoisotopic (exact) mass is 266 g/mol. The van der Waals surface area contributed by atoms with Gasteiger partial charge in [0.05, 0.1) is 11.3 Å². The first-order valence-corrected chi connectivity index (χ1v) is 6.11. The smallest absolute Gasteiger partial charge is 0.146 e. The molecule has 2 rings (SSSR count). The van der Waals surface area contributed by atoms with Gasteiger partial charge in [-0.3, -0.25) is 0 Å². The lowest BCUT2D eigenvalue weighted by Gasteiger charge is -2.06. The second kappa shape index (κ2) is 5.17. The first-order valence-electron chi connectivity index (χ1n) is 4.85. The van der Waals surface area contributed by atoms with Gasteiger partial charge in [0, 0.05) is 21.8 Å². The van der Waals surface area contributed by atoms with Crippen LogP contribution in [0.15, 0.2) is 29.6 Å². The summed E-state index contributed by atoms with van der Waals surface area (Å²) >= 11 is 7.24. The van der Waals surface area contributed by atoms with Crippen molar-refractivity contribution >= 4 is 28.6 Å². The molecule has 1 aromatic heterocycles. The number of anilines is 1. The molecule has 17 heavy (non-hydrogen) atoms. The van der Waals surface area contributed by atoms with Crippen molar-refractivity contribution in [3.05, 3.63) is 50.9 Å². The lowest BCUT2D eigenvalue weighted by atomic mass is 10.3. The summed E-state index contributed by atoms with van der Waals surface area (Å²) in [5.41, 5.74) is 0.989.